The van der Waals surface area contributed by atoms with Crippen LogP contribution in [0.1, 0.15) is 46.1 Å². The lowest BCUT2D eigenvalue weighted by atomic mass is 10.1. The smallest absolute Gasteiger partial charge is 0.125 e. The largest absolute Gasteiger partial charge is 0.373 e. The van der Waals surface area contributed by atoms with Crippen molar-refractivity contribution in [3.05, 3.63) is 23.9 Å². The Morgan fingerprint density at radius 1 is 1.10 bits per heavy atom. The van der Waals surface area contributed by atoms with Crippen LogP contribution in [0.4, 0.5) is 5.82 Å². The lowest BCUT2D eigenvalue weighted by Crippen LogP contribution is -2.27. The first kappa shape index (κ1) is 17.0. The molecule has 0 fully saturated rings. The first-order valence-electron chi connectivity index (χ1n) is 7.86. The maximum absolute atomic E-state index is 4.28. The molecule has 0 amide bonds. The lowest BCUT2D eigenvalue weighted by molar-refractivity contribution is 0.235. The van der Waals surface area contributed by atoms with Crippen LogP contribution in [-0.2, 0) is 6.54 Å². The van der Waals surface area contributed by atoms with Gasteiger partial charge in [-0.05, 0) is 55.5 Å². The van der Waals surface area contributed by atoms with E-state index in [9.17, 15) is 0 Å². The van der Waals surface area contributed by atoms with E-state index < -0.39 is 0 Å². The van der Waals surface area contributed by atoms with E-state index >= 15 is 0 Å². The Kier molecular flexibility index (Phi) is 7.60. The molecule has 3 nitrogen and oxygen atoms in total. The van der Waals surface area contributed by atoms with E-state index in [1.165, 1.54) is 31.5 Å². The van der Waals surface area contributed by atoms with Gasteiger partial charge >= 0.3 is 0 Å². The lowest BCUT2D eigenvalue weighted by Gasteiger charge is -2.24. The van der Waals surface area contributed by atoms with Gasteiger partial charge in [-0.15, -0.1) is 0 Å². The number of hydrogen-bond acceptors (Lipinski definition) is 3. The molecule has 20 heavy (non-hydrogen) atoms. The third-order valence-corrected chi connectivity index (χ3v) is 3.53. The highest BCUT2D eigenvalue weighted by Crippen LogP contribution is 2.13. The minimum atomic E-state index is 0.766. The van der Waals surface area contributed by atoms with Crippen molar-refractivity contribution in [3.8, 4) is 0 Å². The van der Waals surface area contributed by atoms with Crippen molar-refractivity contribution in [3.63, 3.8) is 0 Å². The summed E-state index contributed by atoms with van der Waals surface area (Å²) in [5.41, 5.74) is 1.34. The van der Waals surface area contributed by atoms with Crippen molar-refractivity contribution in [1.82, 2.24) is 9.88 Å². The molecular formula is C17H31N3. The van der Waals surface area contributed by atoms with Crippen LogP contribution in [0.2, 0.25) is 0 Å². The van der Waals surface area contributed by atoms with Gasteiger partial charge in [0, 0.05) is 19.8 Å². The molecule has 0 saturated carbocycles. The number of pyridine rings is 1. The third kappa shape index (κ3) is 6.90. The molecule has 0 radical (unpaired) electrons. The molecule has 0 aliphatic carbocycles. The Balaban J connectivity index is 2.61. The minimum Gasteiger partial charge on any atom is -0.373 e. The zero-order chi connectivity index (χ0) is 15.0. The Morgan fingerprint density at radius 3 is 2.20 bits per heavy atom. The van der Waals surface area contributed by atoms with E-state index in [-0.39, 0.29) is 0 Å². The van der Waals surface area contributed by atoms with Crippen LogP contribution in [-0.4, -0.2) is 30.0 Å². The number of nitrogens with zero attached hydrogens (tertiary/aromatic N) is 2. The fourth-order valence-corrected chi connectivity index (χ4v) is 2.12. The van der Waals surface area contributed by atoms with Crippen LogP contribution in [0, 0.1) is 11.8 Å². The quantitative estimate of drug-likeness (QED) is 0.739. The van der Waals surface area contributed by atoms with Crippen molar-refractivity contribution in [1.29, 1.82) is 0 Å². The van der Waals surface area contributed by atoms with Crippen LogP contribution < -0.4 is 5.32 Å². The highest BCUT2D eigenvalue weighted by molar-refractivity contribution is 5.36. The molecule has 0 unspecified atom stereocenters. The van der Waals surface area contributed by atoms with Crippen molar-refractivity contribution in [2.75, 3.05) is 25.5 Å². The molecular weight excluding hydrogens is 246 g/mol. The summed E-state index contributed by atoms with van der Waals surface area (Å²) < 4.78 is 0. The second-order valence-electron chi connectivity index (χ2n) is 6.44. The van der Waals surface area contributed by atoms with Gasteiger partial charge in [-0.25, -0.2) is 4.98 Å². The summed E-state index contributed by atoms with van der Waals surface area (Å²) in [6.45, 7) is 12.6. The van der Waals surface area contributed by atoms with Crippen LogP contribution in [0.5, 0.6) is 0 Å². The van der Waals surface area contributed by atoms with Crippen LogP contribution in [0.25, 0.3) is 0 Å². The van der Waals surface area contributed by atoms with E-state index in [1.54, 1.807) is 0 Å². The summed E-state index contributed by atoms with van der Waals surface area (Å²) in [5.74, 6) is 2.49. The summed E-state index contributed by atoms with van der Waals surface area (Å²) in [4.78, 5) is 6.86. The van der Waals surface area contributed by atoms with Crippen LogP contribution >= 0.6 is 0 Å². The summed E-state index contributed by atoms with van der Waals surface area (Å²) in [5, 5.41) is 3.11. The molecule has 1 N–H and O–H groups in total. The summed E-state index contributed by atoms with van der Waals surface area (Å²) in [6, 6.07) is 4.27. The molecule has 0 bridgehead atoms. The Morgan fingerprint density at radius 2 is 1.70 bits per heavy atom. The molecule has 0 spiro atoms. The highest BCUT2D eigenvalue weighted by atomic mass is 15.1. The van der Waals surface area contributed by atoms with E-state index in [0.717, 1.165) is 24.2 Å². The third-order valence-electron chi connectivity index (χ3n) is 3.53. The minimum absolute atomic E-state index is 0.766. The van der Waals surface area contributed by atoms with E-state index in [2.05, 4.69) is 55.0 Å². The second-order valence-corrected chi connectivity index (χ2v) is 6.44. The SMILES string of the molecule is CNc1cc(CN(CCC(C)C)CCC(C)C)ccn1. The van der Waals surface area contributed by atoms with Crippen molar-refractivity contribution in [2.45, 2.75) is 47.1 Å². The molecule has 114 valence electrons. The fourth-order valence-electron chi connectivity index (χ4n) is 2.12. The predicted molar refractivity (Wildman–Crippen MR) is 88.0 cm³/mol. The Hall–Kier alpha value is -1.09. The average molecular weight is 277 g/mol. The maximum atomic E-state index is 4.28. The number of rotatable bonds is 9. The van der Waals surface area contributed by atoms with Gasteiger partial charge in [0.05, 0.1) is 0 Å². The average Bonchev–Trinajstić information content (AvgIpc) is 2.41. The molecule has 1 aromatic rings. The molecule has 0 aliphatic heterocycles. The zero-order valence-electron chi connectivity index (χ0n) is 13.8. The van der Waals surface area contributed by atoms with Crippen molar-refractivity contribution < 1.29 is 0 Å². The molecule has 0 saturated heterocycles. The molecule has 1 heterocycles. The number of nitrogens with one attached hydrogen (secondary N) is 1. The van der Waals surface area contributed by atoms with E-state index in [1.807, 2.05) is 13.2 Å². The van der Waals surface area contributed by atoms with Gasteiger partial charge in [0.2, 0.25) is 0 Å². The molecule has 0 atom stereocenters. The Bertz CT molecular complexity index is 362. The summed E-state index contributed by atoms with van der Waals surface area (Å²) in [6.07, 6.45) is 4.42. The molecule has 0 aliphatic rings. The van der Waals surface area contributed by atoms with Gasteiger partial charge in [-0.2, -0.15) is 0 Å². The first-order valence-corrected chi connectivity index (χ1v) is 7.86. The first-order chi connectivity index (χ1) is 9.51. The molecule has 0 aromatic carbocycles. The zero-order valence-corrected chi connectivity index (χ0v) is 13.8. The van der Waals surface area contributed by atoms with Gasteiger partial charge in [0.1, 0.15) is 5.82 Å². The Labute approximate surface area is 124 Å². The molecule has 1 aromatic heterocycles. The van der Waals surface area contributed by atoms with E-state index in [4.69, 9.17) is 0 Å². The summed E-state index contributed by atoms with van der Waals surface area (Å²) in [7, 11) is 1.92. The standard InChI is InChI=1S/C17H31N3/c1-14(2)7-10-20(11-8-15(3)4)13-16-6-9-19-17(12-16)18-5/h6,9,12,14-15H,7-8,10-11,13H2,1-5H3,(H,18,19). The van der Waals surface area contributed by atoms with Gasteiger partial charge in [-0.1, -0.05) is 27.7 Å². The van der Waals surface area contributed by atoms with Crippen LogP contribution in [0.15, 0.2) is 18.3 Å². The van der Waals surface area contributed by atoms with Gasteiger partial charge in [0.15, 0.2) is 0 Å². The van der Waals surface area contributed by atoms with E-state index in [0.29, 0.717) is 0 Å². The van der Waals surface area contributed by atoms with Gasteiger partial charge < -0.3 is 5.32 Å². The highest BCUT2D eigenvalue weighted by Gasteiger charge is 2.09. The topological polar surface area (TPSA) is 28.2 Å². The van der Waals surface area contributed by atoms with Crippen molar-refractivity contribution in [2.24, 2.45) is 11.8 Å². The van der Waals surface area contributed by atoms with Crippen molar-refractivity contribution >= 4 is 5.82 Å². The monoisotopic (exact) mass is 277 g/mol. The number of hydrogen-bond donors (Lipinski definition) is 1. The normalized spacial score (nSPS) is 11.6. The summed E-state index contributed by atoms with van der Waals surface area (Å²) >= 11 is 0. The maximum Gasteiger partial charge on any atom is 0.125 e. The van der Waals surface area contributed by atoms with Crippen LogP contribution in [0.3, 0.4) is 0 Å². The fraction of sp³-hybridized carbons (Fsp3) is 0.706. The molecule has 1 rings (SSSR count). The number of aromatic nitrogens is 1. The van der Waals surface area contributed by atoms with Gasteiger partial charge in [0.25, 0.3) is 0 Å². The second kappa shape index (κ2) is 8.96. The predicted octanol–water partition coefficient (Wildman–Crippen LogP) is 4.02. The number of anilines is 1. The molecule has 3 heteroatoms. The van der Waals surface area contributed by atoms with Gasteiger partial charge in [-0.3, -0.25) is 4.90 Å².